The second-order valence-electron chi connectivity index (χ2n) is 8.64. The van der Waals surface area contributed by atoms with Crippen molar-refractivity contribution in [3.05, 3.63) is 66.2 Å². The second-order valence-corrected chi connectivity index (χ2v) is 8.64. The Morgan fingerprint density at radius 2 is 1.85 bits per heavy atom. The van der Waals surface area contributed by atoms with E-state index < -0.39 is 0 Å². The molecule has 0 bridgehead atoms. The predicted octanol–water partition coefficient (Wildman–Crippen LogP) is 4.80. The first-order valence-electron chi connectivity index (χ1n) is 11.9. The maximum Gasteiger partial charge on any atom is 0.253 e. The Labute approximate surface area is 195 Å². The molecule has 1 fully saturated rings. The summed E-state index contributed by atoms with van der Waals surface area (Å²) in [5.41, 5.74) is 2.80. The molecule has 1 N–H and O–H groups in total. The highest BCUT2D eigenvalue weighted by molar-refractivity contribution is 5.96. The second kappa shape index (κ2) is 9.27. The quantitative estimate of drug-likeness (QED) is 0.590. The van der Waals surface area contributed by atoms with Gasteiger partial charge in [0.25, 0.3) is 5.91 Å². The van der Waals surface area contributed by atoms with Crippen LogP contribution in [0.3, 0.4) is 0 Å². The van der Waals surface area contributed by atoms with Crippen molar-refractivity contribution in [1.29, 1.82) is 0 Å². The number of aromatic amines is 1. The number of hydrogen-bond acceptors (Lipinski definition) is 5. The highest BCUT2D eigenvalue weighted by Crippen LogP contribution is 2.49. The molecule has 0 aliphatic carbocycles. The third kappa shape index (κ3) is 4.20. The lowest BCUT2D eigenvalue weighted by atomic mass is 9.99. The summed E-state index contributed by atoms with van der Waals surface area (Å²) in [5.74, 6) is 2.66. The van der Waals surface area contributed by atoms with E-state index in [0.29, 0.717) is 24.7 Å². The maximum atomic E-state index is 12.9. The molecule has 5 rings (SSSR count). The topological polar surface area (TPSA) is 64.7 Å². The van der Waals surface area contributed by atoms with Gasteiger partial charge in [-0.05, 0) is 57.0 Å². The number of nitrogens with one attached hydrogen (secondary N) is 1. The molecule has 2 aliphatic heterocycles. The first kappa shape index (κ1) is 21.5. The van der Waals surface area contributed by atoms with Gasteiger partial charge in [0.1, 0.15) is 5.82 Å². The van der Waals surface area contributed by atoms with E-state index in [1.54, 1.807) is 0 Å². The number of carbonyl (C=O) groups excluding carboxylic acids is 1. The molecular weight excluding hydrogens is 414 g/mol. The molecule has 3 aromatic rings. The van der Waals surface area contributed by atoms with E-state index in [9.17, 15) is 4.79 Å². The number of nitrogens with zero attached hydrogens (tertiary/aromatic N) is 4. The van der Waals surface area contributed by atoms with Crippen molar-refractivity contribution in [1.82, 2.24) is 19.8 Å². The molecule has 0 atom stereocenters. The number of para-hydroxylation sites is 2. The SMILES string of the molecule is CCN(CC)C(=O)c1ccc2c(c1)Oc1ccccc1N2C1CCN(Cc2ncc[nH]2)CC1. The lowest BCUT2D eigenvalue weighted by Gasteiger charge is -2.42. The Hall–Kier alpha value is -3.32. The maximum absolute atomic E-state index is 12.9. The van der Waals surface area contributed by atoms with Crippen LogP contribution in [0.1, 0.15) is 42.9 Å². The molecule has 7 nitrogen and oxygen atoms in total. The summed E-state index contributed by atoms with van der Waals surface area (Å²) in [6, 6.07) is 14.5. The molecule has 2 aromatic carbocycles. The molecule has 3 heterocycles. The fourth-order valence-corrected chi connectivity index (χ4v) is 4.94. The Morgan fingerprint density at radius 3 is 2.58 bits per heavy atom. The van der Waals surface area contributed by atoms with Gasteiger partial charge in [0, 0.05) is 50.2 Å². The Balaban J connectivity index is 1.41. The summed E-state index contributed by atoms with van der Waals surface area (Å²) in [5, 5.41) is 0. The fraction of sp³-hybridized carbons (Fsp3) is 0.385. The number of imidazole rings is 1. The molecule has 0 saturated carbocycles. The number of aromatic nitrogens is 2. The number of rotatable bonds is 6. The number of likely N-dealkylation sites (tertiary alicyclic amines) is 1. The first-order chi connectivity index (χ1) is 16.2. The van der Waals surface area contributed by atoms with Gasteiger partial charge in [-0.3, -0.25) is 9.69 Å². The third-order valence-electron chi connectivity index (χ3n) is 6.71. The van der Waals surface area contributed by atoms with Gasteiger partial charge in [-0.15, -0.1) is 0 Å². The Morgan fingerprint density at radius 1 is 1.09 bits per heavy atom. The smallest absolute Gasteiger partial charge is 0.253 e. The number of carbonyl (C=O) groups is 1. The number of ether oxygens (including phenoxy) is 1. The van der Waals surface area contributed by atoms with Crippen LogP contribution in [0, 0.1) is 0 Å². The largest absolute Gasteiger partial charge is 0.453 e. The number of benzene rings is 2. The van der Waals surface area contributed by atoms with E-state index in [-0.39, 0.29) is 5.91 Å². The van der Waals surface area contributed by atoms with Crippen LogP contribution in [-0.4, -0.2) is 57.9 Å². The number of hydrogen-bond donors (Lipinski definition) is 1. The Kier molecular flexibility index (Phi) is 6.05. The van der Waals surface area contributed by atoms with Crippen molar-refractivity contribution in [2.24, 2.45) is 0 Å². The number of H-pyrrole nitrogens is 1. The number of fused-ring (bicyclic) bond motifs is 2. The van der Waals surface area contributed by atoms with Gasteiger partial charge in [-0.25, -0.2) is 4.98 Å². The summed E-state index contributed by atoms with van der Waals surface area (Å²) < 4.78 is 6.29. The summed E-state index contributed by atoms with van der Waals surface area (Å²) >= 11 is 0. The van der Waals surface area contributed by atoms with Crippen LogP contribution in [0.25, 0.3) is 0 Å². The highest BCUT2D eigenvalue weighted by atomic mass is 16.5. The van der Waals surface area contributed by atoms with Crippen LogP contribution in [0.2, 0.25) is 0 Å². The molecule has 7 heteroatoms. The van der Waals surface area contributed by atoms with Crippen molar-refractivity contribution in [2.75, 3.05) is 31.1 Å². The Bertz CT molecular complexity index is 1100. The zero-order valence-corrected chi connectivity index (χ0v) is 19.3. The summed E-state index contributed by atoms with van der Waals surface area (Å²) in [7, 11) is 0. The minimum Gasteiger partial charge on any atom is -0.453 e. The lowest BCUT2D eigenvalue weighted by Crippen LogP contribution is -2.43. The van der Waals surface area contributed by atoms with E-state index in [2.05, 4.69) is 38.0 Å². The average molecular weight is 446 g/mol. The molecule has 1 aromatic heterocycles. The normalized spacial score (nSPS) is 16.1. The van der Waals surface area contributed by atoms with Crippen LogP contribution in [-0.2, 0) is 6.54 Å². The van der Waals surface area contributed by atoms with Crippen LogP contribution >= 0.6 is 0 Å². The average Bonchev–Trinajstić information content (AvgIpc) is 3.36. The van der Waals surface area contributed by atoms with Gasteiger partial charge in [0.05, 0.1) is 17.9 Å². The van der Waals surface area contributed by atoms with Crippen molar-refractivity contribution in [2.45, 2.75) is 39.3 Å². The van der Waals surface area contributed by atoms with Crippen molar-refractivity contribution < 1.29 is 9.53 Å². The molecule has 33 heavy (non-hydrogen) atoms. The van der Waals surface area contributed by atoms with E-state index in [4.69, 9.17) is 4.74 Å². The molecule has 0 radical (unpaired) electrons. The molecule has 1 amide bonds. The summed E-state index contributed by atoms with van der Waals surface area (Å²) in [4.78, 5) is 27.2. The van der Waals surface area contributed by atoms with Crippen LogP contribution in [0.4, 0.5) is 11.4 Å². The van der Waals surface area contributed by atoms with Gasteiger partial charge in [-0.1, -0.05) is 12.1 Å². The molecule has 1 saturated heterocycles. The van der Waals surface area contributed by atoms with Crippen LogP contribution in [0.5, 0.6) is 11.5 Å². The van der Waals surface area contributed by atoms with Gasteiger partial charge >= 0.3 is 0 Å². The van der Waals surface area contributed by atoms with Gasteiger partial charge in [0.15, 0.2) is 11.5 Å². The van der Waals surface area contributed by atoms with Crippen LogP contribution < -0.4 is 9.64 Å². The summed E-state index contributed by atoms with van der Waals surface area (Å²) in [6.45, 7) is 8.28. The van der Waals surface area contributed by atoms with Crippen molar-refractivity contribution in [3.8, 4) is 11.5 Å². The van der Waals surface area contributed by atoms with E-state index in [1.807, 2.05) is 55.4 Å². The monoisotopic (exact) mass is 445 g/mol. The zero-order valence-electron chi connectivity index (χ0n) is 19.3. The van der Waals surface area contributed by atoms with E-state index >= 15 is 0 Å². The minimum atomic E-state index is 0.0445. The van der Waals surface area contributed by atoms with Crippen molar-refractivity contribution in [3.63, 3.8) is 0 Å². The van der Waals surface area contributed by atoms with E-state index in [0.717, 1.165) is 61.2 Å². The number of anilines is 2. The molecule has 172 valence electrons. The minimum absolute atomic E-state index is 0.0445. The number of piperidine rings is 1. The fourth-order valence-electron chi connectivity index (χ4n) is 4.94. The molecule has 0 spiro atoms. The summed E-state index contributed by atoms with van der Waals surface area (Å²) in [6.07, 6.45) is 5.79. The van der Waals surface area contributed by atoms with E-state index in [1.165, 1.54) is 0 Å². The molecule has 0 unspecified atom stereocenters. The highest BCUT2D eigenvalue weighted by Gasteiger charge is 2.33. The van der Waals surface area contributed by atoms with Gasteiger partial charge in [-0.2, -0.15) is 0 Å². The zero-order chi connectivity index (χ0) is 22.8. The molecule has 2 aliphatic rings. The van der Waals surface area contributed by atoms with Crippen LogP contribution in [0.15, 0.2) is 54.9 Å². The van der Waals surface area contributed by atoms with Gasteiger partial charge < -0.3 is 19.5 Å². The lowest BCUT2D eigenvalue weighted by molar-refractivity contribution is 0.0772. The first-order valence-corrected chi connectivity index (χ1v) is 11.9. The van der Waals surface area contributed by atoms with Crippen molar-refractivity contribution >= 4 is 17.3 Å². The third-order valence-corrected chi connectivity index (χ3v) is 6.71. The standard InChI is InChI=1S/C26H31N5O2/c1-3-30(4-2)26(32)19-9-10-22-24(17-19)33-23-8-6-5-7-21(23)31(22)20-11-15-29(16-12-20)18-25-27-13-14-28-25/h5-10,13-14,17,20H,3-4,11-12,15-16,18H2,1-2H3,(H,27,28). The van der Waals surface area contributed by atoms with Gasteiger partial charge in [0.2, 0.25) is 0 Å². The number of amides is 1. The predicted molar refractivity (Wildman–Crippen MR) is 129 cm³/mol. The molecular formula is C26H31N5O2.